The van der Waals surface area contributed by atoms with Gasteiger partial charge in [-0.2, -0.15) is 0 Å². The number of carbonyl (C=O) groups excluding carboxylic acids is 2. The molecule has 27 heavy (non-hydrogen) atoms. The number of hydrogen-bond donors (Lipinski definition) is 4. The number of ether oxygens (including phenoxy) is 1. The molecule has 0 spiro atoms. The molecule has 5 N–H and O–H groups in total. The fourth-order valence-corrected chi connectivity index (χ4v) is 2.35. The third-order valence-electron chi connectivity index (χ3n) is 3.88. The molecule has 1 aromatic carbocycles. The Hall–Kier alpha value is -3.20. The highest BCUT2D eigenvalue weighted by Crippen LogP contribution is 2.21. The van der Waals surface area contributed by atoms with Crippen LogP contribution in [0.25, 0.3) is 11.4 Å². The fraction of sp³-hybridized carbons (Fsp3) is 0.333. The maximum absolute atomic E-state index is 12.2. The van der Waals surface area contributed by atoms with Crippen molar-refractivity contribution in [2.75, 3.05) is 31.3 Å². The fourth-order valence-electron chi connectivity index (χ4n) is 2.35. The van der Waals surface area contributed by atoms with E-state index < -0.39 is 0 Å². The summed E-state index contributed by atoms with van der Waals surface area (Å²) in [6.07, 6.45) is 2.06. The minimum absolute atomic E-state index is 0.180. The summed E-state index contributed by atoms with van der Waals surface area (Å²) in [5, 5.41) is 8.32. The highest BCUT2D eigenvalue weighted by Gasteiger charge is 2.23. The van der Waals surface area contributed by atoms with Gasteiger partial charge in [-0.3, -0.25) is 4.79 Å². The summed E-state index contributed by atoms with van der Waals surface area (Å²) in [6.45, 7) is 0.778. The van der Waals surface area contributed by atoms with Crippen molar-refractivity contribution in [2.24, 2.45) is 0 Å². The molecule has 142 valence electrons. The first kappa shape index (κ1) is 18.6. The number of amides is 3. The summed E-state index contributed by atoms with van der Waals surface area (Å²) < 4.78 is 4.90. The van der Waals surface area contributed by atoms with Gasteiger partial charge in [0.2, 0.25) is 0 Å². The normalized spacial score (nSPS) is 13.1. The molecule has 1 aliphatic rings. The van der Waals surface area contributed by atoms with E-state index in [0.29, 0.717) is 36.3 Å². The molecular weight excluding hydrogens is 348 g/mol. The predicted octanol–water partition coefficient (Wildman–Crippen LogP) is 1.39. The number of hydrogen-bond acceptors (Lipinski definition) is 6. The van der Waals surface area contributed by atoms with E-state index in [2.05, 4.69) is 25.9 Å². The second-order valence-electron chi connectivity index (χ2n) is 6.20. The molecule has 1 saturated carbocycles. The largest absolute Gasteiger partial charge is 0.384 e. The van der Waals surface area contributed by atoms with Crippen LogP contribution in [0, 0.1) is 0 Å². The van der Waals surface area contributed by atoms with E-state index in [9.17, 15) is 9.59 Å². The zero-order chi connectivity index (χ0) is 19.2. The van der Waals surface area contributed by atoms with Crippen molar-refractivity contribution >= 4 is 23.4 Å². The Bertz CT molecular complexity index is 820. The van der Waals surface area contributed by atoms with E-state index in [1.807, 2.05) is 0 Å². The topological polar surface area (TPSA) is 131 Å². The molecule has 0 bridgehead atoms. The van der Waals surface area contributed by atoms with E-state index in [1.165, 1.54) is 6.07 Å². The van der Waals surface area contributed by atoms with Gasteiger partial charge < -0.3 is 26.4 Å². The number of urea groups is 1. The Morgan fingerprint density at radius 3 is 2.63 bits per heavy atom. The first-order chi connectivity index (χ1) is 13.0. The molecule has 1 heterocycles. The molecule has 0 aliphatic heterocycles. The number of nitrogens with two attached hydrogens (primary N) is 1. The van der Waals surface area contributed by atoms with Gasteiger partial charge in [-0.15, -0.1) is 0 Å². The Kier molecular flexibility index (Phi) is 5.82. The first-order valence-electron chi connectivity index (χ1n) is 8.65. The number of anilines is 2. The number of rotatable bonds is 7. The van der Waals surface area contributed by atoms with Crippen LogP contribution in [0.1, 0.15) is 23.3 Å². The molecule has 1 fully saturated rings. The molecule has 1 aromatic heterocycles. The van der Waals surface area contributed by atoms with Crippen LogP contribution in [0.5, 0.6) is 0 Å². The quantitative estimate of drug-likeness (QED) is 0.545. The molecule has 2 aromatic rings. The van der Waals surface area contributed by atoms with Crippen LogP contribution >= 0.6 is 0 Å². The Morgan fingerprint density at radius 2 is 1.96 bits per heavy atom. The van der Waals surface area contributed by atoms with E-state index in [0.717, 1.165) is 12.8 Å². The van der Waals surface area contributed by atoms with Gasteiger partial charge >= 0.3 is 6.03 Å². The van der Waals surface area contributed by atoms with Crippen LogP contribution < -0.4 is 21.7 Å². The van der Waals surface area contributed by atoms with Crippen LogP contribution in [-0.2, 0) is 4.74 Å². The van der Waals surface area contributed by atoms with Gasteiger partial charge in [0, 0.05) is 37.0 Å². The first-order valence-corrected chi connectivity index (χ1v) is 8.65. The summed E-state index contributed by atoms with van der Waals surface area (Å²) in [5.74, 6) is 0.182. The van der Waals surface area contributed by atoms with E-state index in [-0.39, 0.29) is 23.5 Å². The SMILES string of the molecule is COCCNC(=O)c1cc(N)nc(-c2ccc(NC(=O)NC3CC3)cc2)n1. The summed E-state index contributed by atoms with van der Waals surface area (Å²) in [5.41, 5.74) is 7.33. The lowest BCUT2D eigenvalue weighted by Crippen LogP contribution is -2.30. The molecule has 3 rings (SSSR count). The van der Waals surface area contributed by atoms with Crippen molar-refractivity contribution in [3.63, 3.8) is 0 Å². The van der Waals surface area contributed by atoms with Gasteiger partial charge in [-0.25, -0.2) is 14.8 Å². The molecule has 3 amide bonds. The van der Waals surface area contributed by atoms with Gasteiger partial charge in [-0.05, 0) is 37.1 Å². The van der Waals surface area contributed by atoms with E-state index in [1.54, 1.807) is 31.4 Å². The predicted molar refractivity (Wildman–Crippen MR) is 101 cm³/mol. The molecule has 9 nitrogen and oxygen atoms in total. The second kappa shape index (κ2) is 8.45. The average Bonchev–Trinajstić information content (AvgIpc) is 3.45. The Balaban J connectivity index is 1.69. The number of nitrogens with zero attached hydrogens (tertiary/aromatic N) is 2. The van der Waals surface area contributed by atoms with Gasteiger partial charge in [0.25, 0.3) is 5.91 Å². The zero-order valence-electron chi connectivity index (χ0n) is 15.0. The Morgan fingerprint density at radius 1 is 1.22 bits per heavy atom. The summed E-state index contributed by atoms with van der Waals surface area (Å²) in [7, 11) is 1.56. The van der Waals surface area contributed by atoms with Crippen LogP contribution in [0.15, 0.2) is 30.3 Å². The zero-order valence-corrected chi connectivity index (χ0v) is 15.0. The van der Waals surface area contributed by atoms with Gasteiger partial charge in [-0.1, -0.05) is 0 Å². The highest BCUT2D eigenvalue weighted by atomic mass is 16.5. The molecule has 1 aliphatic carbocycles. The highest BCUT2D eigenvalue weighted by molar-refractivity contribution is 5.93. The molecule has 0 unspecified atom stereocenters. The lowest BCUT2D eigenvalue weighted by atomic mass is 10.2. The number of methoxy groups -OCH3 is 1. The van der Waals surface area contributed by atoms with Gasteiger partial charge in [0.05, 0.1) is 6.61 Å². The lowest BCUT2D eigenvalue weighted by Gasteiger charge is -2.09. The van der Waals surface area contributed by atoms with E-state index >= 15 is 0 Å². The van der Waals surface area contributed by atoms with Crippen LogP contribution in [0.4, 0.5) is 16.3 Å². The maximum atomic E-state index is 12.2. The molecule has 9 heteroatoms. The maximum Gasteiger partial charge on any atom is 0.319 e. The third kappa shape index (κ3) is 5.38. The van der Waals surface area contributed by atoms with Crippen molar-refractivity contribution in [3.8, 4) is 11.4 Å². The van der Waals surface area contributed by atoms with Crippen molar-refractivity contribution < 1.29 is 14.3 Å². The number of aromatic nitrogens is 2. The number of carbonyl (C=O) groups is 2. The number of nitrogen functional groups attached to an aromatic ring is 1. The second-order valence-corrected chi connectivity index (χ2v) is 6.20. The van der Waals surface area contributed by atoms with Crippen LogP contribution in [-0.4, -0.2) is 48.2 Å². The lowest BCUT2D eigenvalue weighted by molar-refractivity contribution is 0.0932. The third-order valence-corrected chi connectivity index (χ3v) is 3.88. The molecule has 0 atom stereocenters. The Labute approximate surface area is 156 Å². The van der Waals surface area contributed by atoms with Crippen molar-refractivity contribution in [2.45, 2.75) is 18.9 Å². The van der Waals surface area contributed by atoms with Crippen molar-refractivity contribution in [1.82, 2.24) is 20.6 Å². The van der Waals surface area contributed by atoms with Crippen LogP contribution in [0.2, 0.25) is 0 Å². The van der Waals surface area contributed by atoms with Crippen molar-refractivity contribution in [1.29, 1.82) is 0 Å². The molecule has 0 radical (unpaired) electrons. The summed E-state index contributed by atoms with van der Waals surface area (Å²) in [6, 6.07) is 8.49. The summed E-state index contributed by atoms with van der Waals surface area (Å²) >= 11 is 0. The molecule has 0 saturated heterocycles. The standard InChI is InChI=1S/C18H22N6O3/c1-27-9-8-20-17(25)14-10-15(19)24-16(23-14)11-2-4-12(5-3-11)21-18(26)22-13-6-7-13/h2-5,10,13H,6-9H2,1H3,(H,20,25)(H2,19,23,24)(H2,21,22,26). The number of benzene rings is 1. The smallest absolute Gasteiger partial charge is 0.319 e. The average molecular weight is 370 g/mol. The van der Waals surface area contributed by atoms with Crippen molar-refractivity contribution in [3.05, 3.63) is 36.0 Å². The minimum atomic E-state index is -0.350. The molecular formula is C18H22N6O3. The minimum Gasteiger partial charge on any atom is -0.384 e. The monoisotopic (exact) mass is 370 g/mol. The van der Waals surface area contributed by atoms with E-state index in [4.69, 9.17) is 10.5 Å². The van der Waals surface area contributed by atoms with Crippen LogP contribution in [0.3, 0.4) is 0 Å². The van der Waals surface area contributed by atoms with Gasteiger partial charge in [0.15, 0.2) is 5.82 Å². The summed E-state index contributed by atoms with van der Waals surface area (Å²) in [4.78, 5) is 32.4. The van der Waals surface area contributed by atoms with Gasteiger partial charge in [0.1, 0.15) is 11.5 Å². The number of nitrogens with one attached hydrogen (secondary N) is 3.